The first-order chi connectivity index (χ1) is 12.4. The fourth-order valence-electron chi connectivity index (χ4n) is 4.65. The zero-order valence-electron chi connectivity index (χ0n) is 15.2. The van der Waals surface area contributed by atoms with Crippen LogP contribution in [0.4, 0.5) is 0 Å². The molecule has 0 radical (unpaired) electrons. The van der Waals surface area contributed by atoms with E-state index in [1.54, 1.807) is 18.2 Å². The number of carbonyl (C=O) groups is 1. The summed E-state index contributed by atoms with van der Waals surface area (Å²) in [7, 11) is -1.56. The zero-order valence-corrected chi connectivity index (χ0v) is 16.0. The second-order valence-electron chi connectivity index (χ2n) is 7.99. The van der Waals surface area contributed by atoms with Gasteiger partial charge in [0.1, 0.15) is 0 Å². The monoisotopic (exact) mass is 377 g/mol. The summed E-state index contributed by atoms with van der Waals surface area (Å²) >= 11 is 0. The van der Waals surface area contributed by atoms with Crippen molar-refractivity contribution in [2.45, 2.75) is 36.6 Å². The van der Waals surface area contributed by atoms with Crippen LogP contribution in [0.3, 0.4) is 0 Å². The van der Waals surface area contributed by atoms with E-state index in [0.29, 0.717) is 24.6 Å². The second kappa shape index (κ2) is 6.94. The minimum atomic E-state index is -3.55. The molecule has 7 heteroatoms. The lowest BCUT2D eigenvalue weighted by Gasteiger charge is -2.31. The van der Waals surface area contributed by atoms with E-state index in [1.165, 1.54) is 29.6 Å². The van der Waals surface area contributed by atoms with Gasteiger partial charge in [-0.25, -0.2) is 8.42 Å². The number of rotatable bonds is 4. The van der Waals surface area contributed by atoms with Gasteiger partial charge in [-0.05, 0) is 56.3 Å². The number of nitrogens with zero attached hydrogens (tertiary/aromatic N) is 2. The van der Waals surface area contributed by atoms with Crippen LogP contribution in [0, 0.1) is 11.8 Å². The first-order valence-electron chi connectivity index (χ1n) is 9.53. The summed E-state index contributed by atoms with van der Waals surface area (Å²) in [4.78, 5) is 15.0. The Morgan fingerprint density at radius 1 is 1.12 bits per heavy atom. The van der Waals surface area contributed by atoms with Gasteiger partial charge in [0.05, 0.1) is 4.90 Å². The smallest absolute Gasteiger partial charge is 0.251 e. The summed E-state index contributed by atoms with van der Waals surface area (Å²) in [6.45, 7) is 2.42. The lowest BCUT2D eigenvalue weighted by Crippen LogP contribution is -2.47. The Morgan fingerprint density at radius 2 is 1.88 bits per heavy atom. The fourth-order valence-corrected chi connectivity index (χ4v) is 6.12. The van der Waals surface area contributed by atoms with Crippen LogP contribution < -0.4 is 5.32 Å². The number of nitrogens with one attached hydrogen (secondary N) is 1. The van der Waals surface area contributed by atoms with Crippen molar-refractivity contribution in [2.75, 3.05) is 33.2 Å². The molecule has 26 heavy (non-hydrogen) atoms. The molecule has 6 nitrogen and oxygen atoms in total. The van der Waals surface area contributed by atoms with E-state index in [4.69, 9.17) is 0 Å². The third-order valence-corrected chi connectivity index (χ3v) is 8.15. The normalized spacial score (nSPS) is 29.8. The highest BCUT2D eigenvalue weighted by Gasteiger charge is 2.40. The van der Waals surface area contributed by atoms with Gasteiger partial charge in [0, 0.05) is 37.8 Å². The molecular weight excluding hydrogens is 350 g/mol. The van der Waals surface area contributed by atoms with Crippen LogP contribution in [0.15, 0.2) is 29.2 Å². The first-order valence-corrected chi connectivity index (χ1v) is 11.0. The molecule has 1 saturated heterocycles. The third-order valence-electron chi connectivity index (χ3n) is 6.25. The minimum absolute atomic E-state index is 0.155. The molecule has 2 aliphatic carbocycles. The molecule has 3 atom stereocenters. The second-order valence-corrected chi connectivity index (χ2v) is 9.93. The molecule has 142 valence electrons. The van der Waals surface area contributed by atoms with Gasteiger partial charge in [-0.1, -0.05) is 12.5 Å². The van der Waals surface area contributed by atoms with E-state index in [9.17, 15) is 13.2 Å². The number of hydrogen-bond acceptors (Lipinski definition) is 4. The summed E-state index contributed by atoms with van der Waals surface area (Å²) in [5, 5.41) is 3.14. The number of hydrogen-bond donors (Lipinski definition) is 1. The quantitative estimate of drug-likeness (QED) is 0.864. The number of likely N-dealkylation sites (N-methyl/N-ethyl adjacent to an activating group) is 1. The molecule has 1 N–H and O–H groups in total. The average molecular weight is 378 g/mol. The zero-order chi connectivity index (χ0) is 18.3. The van der Waals surface area contributed by atoms with Crippen molar-refractivity contribution in [1.82, 2.24) is 14.5 Å². The van der Waals surface area contributed by atoms with Crippen LogP contribution >= 0.6 is 0 Å². The van der Waals surface area contributed by atoms with Crippen LogP contribution in [0.25, 0.3) is 0 Å². The number of carbonyl (C=O) groups excluding carboxylic acids is 1. The van der Waals surface area contributed by atoms with Crippen LogP contribution in [0.1, 0.15) is 36.0 Å². The van der Waals surface area contributed by atoms with Crippen molar-refractivity contribution in [3.63, 3.8) is 0 Å². The Hall–Kier alpha value is -1.44. The molecule has 1 amide bonds. The van der Waals surface area contributed by atoms with Gasteiger partial charge in [-0.3, -0.25) is 4.79 Å². The molecular formula is C19H27N3O3S. The van der Waals surface area contributed by atoms with Crippen molar-refractivity contribution in [1.29, 1.82) is 0 Å². The fraction of sp³-hybridized carbons (Fsp3) is 0.632. The Balaban J connectivity index is 1.48. The number of benzene rings is 1. The number of piperazine rings is 1. The van der Waals surface area contributed by atoms with Gasteiger partial charge in [-0.2, -0.15) is 4.31 Å². The average Bonchev–Trinajstić information content (AvgIpc) is 3.25. The predicted octanol–water partition coefficient (Wildman–Crippen LogP) is 1.54. The summed E-state index contributed by atoms with van der Waals surface area (Å²) in [5.74, 6) is 1.20. The van der Waals surface area contributed by atoms with Gasteiger partial charge in [-0.15, -0.1) is 0 Å². The number of sulfonamides is 1. The summed E-state index contributed by atoms with van der Waals surface area (Å²) in [5.41, 5.74) is 0.433. The summed E-state index contributed by atoms with van der Waals surface area (Å²) in [6.07, 6.45) is 4.78. The largest absolute Gasteiger partial charge is 0.349 e. The van der Waals surface area contributed by atoms with Crippen LogP contribution in [0.5, 0.6) is 0 Å². The maximum absolute atomic E-state index is 12.9. The van der Waals surface area contributed by atoms with Crippen molar-refractivity contribution >= 4 is 15.9 Å². The van der Waals surface area contributed by atoms with Crippen LogP contribution in [-0.4, -0.2) is 62.8 Å². The molecule has 0 aromatic heterocycles. The number of amides is 1. The van der Waals surface area contributed by atoms with Crippen molar-refractivity contribution in [3.8, 4) is 0 Å². The van der Waals surface area contributed by atoms with Gasteiger partial charge in [0.15, 0.2) is 0 Å². The van der Waals surface area contributed by atoms with Crippen LogP contribution in [-0.2, 0) is 10.0 Å². The van der Waals surface area contributed by atoms with Gasteiger partial charge < -0.3 is 10.2 Å². The Kier molecular flexibility index (Phi) is 4.79. The van der Waals surface area contributed by atoms with E-state index in [2.05, 4.69) is 10.2 Å². The minimum Gasteiger partial charge on any atom is -0.349 e. The number of fused-ring (bicyclic) bond motifs is 2. The molecule has 1 aliphatic heterocycles. The maximum atomic E-state index is 12.9. The third kappa shape index (κ3) is 3.40. The Labute approximate surface area is 155 Å². The SMILES string of the molecule is CN1CCN(S(=O)(=O)c2cccc(C(=O)N[C@@H]3C[C@H]4CC[C@@H]3C4)c2)CC1. The van der Waals surface area contributed by atoms with E-state index < -0.39 is 10.0 Å². The van der Waals surface area contributed by atoms with Gasteiger partial charge in [0.2, 0.25) is 10.0 Å². The van der Waals surface area contributed by atoms with E-state index in [0.717, 1.165) is 25.4 Å². The molecule has 0 spiro atoms. The maximum Gasteiger partial charge on any atom is 0.251 e. The highest BCUT2D eigenvalue weighted by molar-refractivity contribution is 7.89. The van der Waals surface area contributed by atoms with E-state index in [-0.39, 0.29) is 16.8 Å². The molecule has 1 aromatic carbocycles. The van der Waals surface area contributed by atoms with Crippen molar-refractivity contribution in [2.24, 2.45) is 11.8 Å². The lowest BCUT2D eigenvalue weighted by molar-refractivity contribution is 0.0922. The van der Waals surface area contributed by atoms with Crippen molar-refractivity contribution < 1.29 is 13.2 Å². The first kappa shape index (κ1) is 17.9. The molecule has 3 aliphatic rings. The summed E-state index contributed by atoms with van der Waals surface area (Å²) < 4.78 is 27.3. The molecule has 2 bridgehead atoms. The van der Waals surface area contributed by atoms with Crippen molar-refractivity contribution in [3.05, 3.63) is 29.8 Å². The molecule has 2 saturated carbocycles. The molecule has 3 fully saturated rings. The topological polar surface area (TPSA) is 69.7 Å². The van der Waals surface area contributed by atoms with Crippen LogP contribution in [0.2, 0.25) is 0 Å². The molecule has 4 rings (SSSR count). The Bertz CT molecular complexity index is 787. The molecule has 1 aromatic rings. The van der Waals surface area contributed by atoms with E-state index >= 15 is 0 Å². The lowest BCUT2D eigenvalue weighted by atomic mass is 9.95. The molecule has 1 heterocycles. The van der Waals surface area contributed by atoms with Gasteiger partial charge in [0.25, 0.3) is 5.91 Å². The Morgan fingerprint density at radius 3 is 2.54 bits per heavy atom. The summed E-state index contributed by atoms with van der Waals surface area (Å²) in [6, 6.07) is 6.72. The highest BCUT2D eigenvalue weighted by Crippen LogP contribution is 2.44. The highest BCUT2D eigenvalue weighted by atomic mass is 32.2. The van der Waals surface area contributed by atoms with Gasteiger partial charge >= 0.3 is 0 Å². The molecule has 0 unspecified atom stereocenters. The predicted molar refractivity (Wildman–Crippen MR) is 99.4 cm³/mol. The standard InChI is InChI=1S/C19H27N3O3S/c1-21-7-9-22(10-8-21)26(24,25)17-4-2-3-16(13-17)19(23)20-18-12-14-5-6-15(18)11-14/h2-4,13-15,18H,5-12H2,1H3,(H,20,23)/t14-,15+,18+/m0/s1. The van der Waals surface area contributed by atoms with E-state index in [1.807, 2.05) is 7.05 Å².